The van der Waals surface area contributed by atoms with Crippen molar-refractivity contribution in [1.29, 1.82) is 0 Å². The molecule has 1 aliphatic rings. The number of carboxylic acids is 1. The van der Waals surface area contributed by atoms with E-state index < -0.39 is 18.0 Å². The number of aliphatic carboxylic acids is 1. The molecular weight excluding hydrogens is 454 g/mol. The Morgan fingerprint density at radius 1 is 1.06 bits per heavy atom. The van der Waals surface area contributed by atoms with E-state index in [0.29, 0.717) is 11.4 Å². The highest BCUT2D eigenvalue weighted by molar-refractivity contribution is 7.09. The van der Waals surface area contributed by atoms with Crippen molar-refractivity contribution in [2.45, 2.75) is 25.8 Å². The molecule has 1 aromatic heterocycles. The van der Waals surface area contributed by atoms with Crippen LogP contribution >= 0.6 is 11.3 Å². The highest BCUT2D eigenvalue weighted by Gasteiger charge is 2.29. The average molecular weight is 480 g/mol. The van der Waals surface area contributed by atoms with Crippen molar-refractivity contribution in [1.82, 2.24) is 15.6 Å². The van der Waals surface area contributed by atoms with Gasteiger partial charge in [0.1, 0.15) is 17.3 Å². The van der Waals surface area contributed by atoms with Gasteiger partial charge in [-0.3, -0.25) is 9.59 Å². The molecule has 3 aromatic rings. The Hall–Kier alpha value is -3.72. The molecule has 0 fully saturated rings. The van der Waals surface area contributed by atoms with Gasteiger partial charge in [-0.2, -0.15) is 0 Å². The summed E-state index contributed by atoms with van der Waals surface area (Å²) in [5.41, 5.74) is 4.85. The molecule has 1 atom stereocenters. The summed E-state index contributed by atoms with van der Waals surface area (Å²) in [5.74, 6) is -1.82. The van der Waals surface area contributed by atoms with Crippen molar-refractivity contribution in [2.24, 2.45) is 5.92 Å². The van der Waals surface area contributed by atoms with Crippen LogP contribution in [0.3, 0.4) is 0 Å². The number of nitrogens with one attached hydrogen (secondary N) is 2. The van der Waals surface area contributed by atoms with Crippen LogP contribution in [0.15, 0.2) is 53.9 Å². The normalized spacial score (nSPS) is 13.0. The van der Waals surface area contributed by atoms with Crippen molar-refractivity contribution in [2.75, 3.05) is 13.2 Å². The van der Waals surface area contributed by atoms with Gasteiger partial charge in [0.15, 0.2) is 0 Å². The number of hydrogen-bond acceptors (Lipinski definition) is 6. The van der Waals surface area contributed by atoms with E-state index in [4.69, 9.17) is 9.84 Å². The molecule has 0 bridgehead atoms. The Kier molecular flexibility index (Phi) is 7.22. The molecule has 9 heteroatoms. The molecule has 0 radical (unpaired) electrons. The topological polar surface area (TPSA) is 118 Å². The number of amides is 2. The van der Waals surface area contributed by atoms with Crippen LogP contribution in [-0.4, -0.2) is 41.2 Å². The number of benzene rings is 2. The van der Waals surface area contributed by atoms with E-state index in [1.54, 1.807) is 12.3 Å². The van der Waals surface area contributed by atoms with E-state index in [0.717, 1.165) is 22.3 Å². The number of ether oxygens (including phenoxy) is 1. The molecule has 1 aliphatic carbocycles. The third kappa shape index (κ3) is 5.26. The summed E-state index contributed by atoms with van der Waals surface area (Å²) in [5, 5.41) is 16.4. The molecule has 1 heterocycles. The number of fused-ring (bicyclic) bond motifs is 3. The first-order valence-corrected chi connectivity index (χ1v) is 11.9. The van der Waals surface area contributed by atoms with Gasteiger partial charge in [0.25, 0.3) is 5.91 Å². The standard InChI is InChI=1S/C25H25N3O5S/c1-15(24(30)31)10-11-26-23(29)21-14-34-22(28-21)12-27-25(32)33-13-20-18-8-4-2-6-16(18)17-7-3-5-9-19(17)20/h2-9,14-15,20H,10-13H2,1H3,(H,26,29)(H,27,32)(H,30,31). The fraction of sp³-hybridized carbons (Fsp3) is 0.280. The fourth-order valence-electron chi connectivity index (χ4n) is 3.91. The van der Waals surface area contributed by atoms with Crippen molar-refractivity contribution in [3.8, 4) is 11.1 Å². The fourth-order valence-corrected chi connectivity index (χ4v) is 4.62. The van der Waals surface area contributed by atoms with Crippen LogP contribution in [0.1, 0.15) is 45.9 Å². The Morgan fingerprint density at radius 3 is 2.35 bits per heavy atom. The van der Waals surface area contributed by atoms with Gasteiger partial charge in [0.05, 0.1) is 12.5 Å². The lowest BCUT2D eigenvalue weighted by Crippen LogP contribution is -2.27. The molecule has 4 rings (SSSR count). The number of carbonyl (C=O) groups is 3. The van der Waals surface area contributed by atoms with Crippen LogP contribution in [-0.2, 0) is 16.1 Å². The molecule has 0 saturated carbocycles. The molecular formula is C25H25N3O5S. The Morgan fingerprint density at radius 2 is 1.71 bits per heavy atom. The summed E-state index contributed by atoms with van der Waals surface area (Å²) in [7, 11) is 0. The average Bonchev–Trinajstić information content (AvgIpc) is 3.44. The van der Waals surface area contributed by atoms with E-state index in [9.17, 15) is 14.4 Å². The summed E-state index contributed by atoms with van der Waals surface area (Å²) in [4.78, 5) is 39.6. The molecule has 34 heavy (non-hydrogen) atoms. The van der Waals surface area contributed by atoms with Crippen molar-refractivity contribution < 1.29 is 24.2 Å². The highest BCUT2D eigenvalue weighted by atomic mass is 32.1. The van der Waals surface area contributed by atoms with Crippen molar-refractivity contribution in [3.63, 3.8) is 0 Å². The van der Waals surface area contributed by atoms with Gasteiger partial charge in [0, 0.05) is 17.8 Å². The van der Waals surface area contributed by atoms with Gasteiger partial charge < -0.3 is 20.5 Å². The molecule has 0 spiro atoms. The summed E-state index contributed by atoms with van der Waals surface area (Å²) < 4.78 is 5.51. The zero-order chi connectivity index (χ0) is 24.1. The third-order valence-electron chi connectivity index (χ3n) is 5.80. The van der Waals surface area contributed by atoms with Gasteiger partial charge in [-0.15, -0.1) is 11.3 Å². The van der Waals surface area contributed by atoms with Crippen molar-refractivity contribution >= 4 is 29.3 Å². The quantitative estimate of drug-likeness (QED) is 0.427. The summed E-state index contributed by atoms with van der Waals surface area (Å²) in [6, 6.07) is 16.3. The van der Waals surface area contributed by atoms with E-state index >= 15 is 0 Å². The van der Waals surface area contributed by atoms with Crippen LogP contribution in [0.4, 0.5) is 4.79 Å². The van der Waals surface area contributed by atoms with E-state index in [-0.39, 0.29) is 37.2 Å². The first kappa shape index (κ1) is 23.4. The van der Waals surface area contributed by atoms with Crippen LogP contribution in [0.5, 0.6) is 0 Å². The van der Waals surface area contributed by atoms with Gasteiger partial charge in [-0.1, -0.05) is 55.5 Å². The second-order valence-corrected chi connectivity index (χ2v) is 9.03. The predicted molar refractivity (Wildman–Crippen MR) is 128 cm³/mol. The minimum absolute atomic E-state index is 0.0165. The van der Waals surface area contributed by atoms with E-state index in [2.05, 4.69) is 39.9 Å². The lowest BCUT2D eigenvalue weighted by molar-refractivity contribution is -0.141. The van der Waals surface area contributed by atoms with Gasteiger partial charge >= 0.3 is 12.1 Å². The predicted octanol–water partition coefficient (Wildman–Crippen LogP) is 4.02. The lowest BCUT2D eigenvalue weighted by atomic mass is 9.98. The Labute approximate surface area is 201 Å². The van der Waals surface area contributed by atoms with Gasteiger partial charge in [-0.05, 0) is 28.7 Å². The zero-order valence-electron chi connectivity index (χ0n) is 18.6. The van der Waals surface area contributed by atoms with Crippen LogP contribution in [0, 0.1) is 5.92 Å². The van der Waals surface area contributed by atoms with Crippen LogP contribution in [0.2, 0.25) is 0 Å². The monoisotopic (exact) mass is 479 g/mol. The molecule has 3 N–H and O–H groups in total. The van der Waals surface area contributed by atoms with Crippen molar-refractivity contribution in [3.05, 3.63) is 75.7 Å². The smallest absolute Gasteiger partial charge is 0.407 e. The largest absolute Gasteiger partial charge is 0.481 e. The second kappa shape index (κ2) is 10.5. The number of carboxylic acid groups (broad SMARTS) is 1. The molecule has 1 unspecified atom stereocenters. The Balaban J connectivity index is 1.26. The maximum Gasteiger partial charge on any atom is 0.407 e. The van der Waals surface area contributed by atoms with Gasteiger partial charge in [-0.25, -0.2) is 9.78 Å². The Bertz CT molecular complexity index is 1160. The SMILES string of the molecule is CC(CCNC(=O)c1csc(CNC(=O)OCC2c3ccccc3-c3ccccc32)n1)C(=O)O. The number of nitrogens with zero attached hydrogens (tertiary/aromatic N) is 1. The molecule has 2 amide bonds. The molecule has 0 aliphatic heterocycles. The summed E-state index contributed by atoms with van der Waals surface area (Å²) >= 11 is 1.25. The summed E-state index contributed by atoms with van der Waals surface area (Å²) in [6.07, 6.45) is -0.216. The maximum absolute atomic E-state index is 12.3. The van der Waals surface area contributed by atoms with Crippen LogP contribution < -0.4 is 10.6 Å². The molecule has 0 saturated heterocycles. The number of aromatic nitrogens is 1. The van der Waals surface area contributed by atoms with E-state index in [1.165, 1.54) is 11.3 Å². The summed E-state index contributed by atoms with van der Waals surface area (Å²) in [6.45, 7) is 2.20. The first-order chi connectivity index (χ1) is 16.4. The minimum atomic E-state index is -0.899. The lowest BCUT2D eigenvalue weighted by Gasteiger charge is -2.14. The van der Waals surface area contributed by atoms with E-state index in [1.807, 2.05) is 24.3 Å². The molecule has 8 nitrogen and oxygen atoms in total. The third-order valence-corrected chi connectivity index (χ3v) is 6.65. The number of hydrogen-bond donors (Lipinski definition) is 3. The second-order valence-electron chi connectivity index (χ2n) is 8.09. The minimum Gasteiger partial charge on any atom is -0.481 e. The maximum atomic E-state index is 12.3. The zero-order valence-corrected chi connectivity index (χ0v) is 19.4. The molecule has 2 aromatic carbocycles. The number of alkyl carbamates (subject to hydrolysis) is 1. The highest BCUT2D eigenvalue weighted by Crippen LogP contribution is 2.44. The van der Waals surface area contributed by atoms with Gasteiger partial charge in [0.2, 0.25) is 0 Å². The number of thiazole rings is 1. The molecule has 176 valence electrons. The first-order valence-electron chi connectivity index (χ1n) is 11.0. The number of rotatable bonds is 9. The number of carbonyl (C=O) groups excluding carboxylic acids is 2. The van der Waals surface area contributed by atoms with Crippen LogP contribution in [0.25, 0.3) is 11.1 Å².